The molecular weight excluding hydrogens is 402 g/mol. The van der Waals surface area contributed by atoms with Crippen molar-refractivity contribution < 1.29 is 14.3 Å². The van der Waals surface area contributed by atoms with Gasteiger partial charge in [0, 0.05) is 48.3 Å². The number of para-hydroxylation sites is 1. The van der Waals surface area contributed by atoms with Crippen molar-refractivity contribution >= 4 is 34.3 Å². The summed E-state index contributed by atoms with van der Waals surface area (Å²) in [6.07, 6.45) is 2.26. The predicted molar refractivity (Wildman–Crippen MR) is 117 cm³/mol. The number of piperazine rings is 1. The molecule has 0 radical (unpaired) electrons. The monoisotopic (exact) mass is 425 g/mol. The zero-order chi connectivity index (χ0) is 21.1. The summed E-state index contributed by atoms with van der Waals surface area (Å²) in [6, 6.07) is 13.3. The third-order valence-corrected chi connectivity index (χ3v) is 5.92. The van der Waals surface area contributed by atoms with Crippen LogP contribution in [-0.4, -0.2) is 59.4 Å². The molecule has 2 amide bonds. The van der Waals surface area contributed by atoms with Crippen LogP contribution >= 0.6 is 11.6 Å². The number of hydrogen-bond donors (Lipinski definition) is 1. The summed E-state index contributed by atoms with van der Waals surface area (Å²) < 4.78 is 5.61. The van der Waals surface area contributed by atoms with Crippen LogP contribution in [0.3, 0.4) is 0 Å². The molecule has 7 heteroatoms. The Morgan fingerprint density at radius 2 is 1.73 bits per heavy atom. The van der Waals surface area contributed by atoms with Gasteiger partial charge in [0.15, 0.2) is 6.61 Å². The number of H-pyrrole nitrogens is 1. The molecule has 0 aliphatic carbocycles. The molecule has 1 aromatic heterocycles. The Labute approximate surface area is 180 Å². The van der Waals surface area contributed by atoms with E-state index in [1.165, 1.54) is 0 Å². The average molecular weight is 426 g/mol. The second-order valence-corrected chi connectivity index (χ2v) is 7.90. The van der Waals surface area contributed by atoms with E-state index in [0.717, 1.165) is 22.0 Å². The van der Waals surface area contributed by atoms with E-state index in [0.29, 0.717) is 43.4 Å². The molecule has 0 atom stereocenters. The second kappa shape index (κ2) is 8.79. The Morgan fingerprint density at radius 1 is 1.03 bits per heavy atom. The molecule has 0 spiro atoms. The zero-order valence-electron chi connectivity index (χ0n) is 16.9. The number of fused-ring (bicyclic) bond motifs is 1. The number of carbonyl (C=O) groups is 2. The summed E-state index contributed by atoms with van der Waals surface area (Å²) >= 11 is 6.01. The van der Waals surface area contributed by atoms with Gasteiger partial charge in [0.1, 0.15) is 5.75 Å². The van der Waals surface area contributed by atoms with Gasteiger partial charge in [-0.1, -0.05) is 29.8 Å². The third-order valence-electron chi connectivity index (χ3n) is 5.49. The van der Waals surface area contributed by atoms with Gasteiger partial charge in [0.25, 0.3) is 5.91 Å². The Balaban J connectivity index is 1.27. The number of benzene rings is 2. The summed E-state index contributed by atoms with van der Waals surface area (Å²) in [5, 5.41) is 1.75. The first kappa shape index (κ1) is 20.3. The van der Waals surface area contributed by atoms with Gasteiger partial charge in [0.05, 0.1) is 6.42 Å². The van der Waals surface area contributed by atoms with Crippen molar-refractivity contribution in [1.29, 1.82) is 0 Å². The molecule has 0 unspecified atom stereocenters. The maximum absolute atomic E-state index is 12.7. The molecule has 3 aromatic rings. The normalized spacial score (nSPS) is 14.2. The molecule has 1 aliphatic rings. The van der Waals surface area contributed by atoms with Gasteiger partial charge in [-0.15, -0.1) is 0 Å². The third kappa shape index (κ3) is 4.44. The topological polar surface area (TPSA) is 65.6 Å². The minimum Gasteiger partial charge on any atom is -0.484 e. The summed E-state index contributed by atoms with van der Waals surface area (Å²) in [6.45, 7) is 3.97. The highest BCUT2D eigenvalue weighted by Gasteiger charge is 2.25. The van der Waals surface area contributed by atoms with E-state index >= 15 is 0 Å². The Bertz CT molecular complexity index is 1070. The van der Waals surface area contributed by atoms with Crippen molar-refractivity contribution in [2.24, 2.45) is 0 Å². The van der Waals surface area contributed by atoms with Crippen molar-refractivity contribution in [3.8, 4) is 5.75 Å². The van der Waals surface area contributed by atoms with E-state index in [-0.39, 0.29) is 18.4 Å². The highest BCUT2D eigenvalue weighted by atomic mass is 35.5. The van der Waals surface area contributed by atoms with Gasteiger partial charge in [-0.05, 0) is 42.3 Å². The quantitative estimate of drug-likeness (QED) is 0.681. The van der Waals surface area contributed by atoms with Crippen molar-refractivity contribution in [3.63, 3.8) is 0 Å². The highest BCUT2D eigenvalue weighted by Crippen LogP contribution is 2.21. The molecule has 4 rings (SSSR count). The number of hydrogen-bond acceptors (Lipinski definition) is 3. The van der Waals surface area contributed by atoms with Crippen molar-refractivity contribution in [3.05, 3.63) is 64.8 Å². The minimum absolute atomic E-state index is 0.0235. The van der Waals surface area contributed by atoms with Crippen molar-refractivity contribution in [2.75, 3.05) is 32.8 Å². The van der Waals surface area contributed by atoms with E-state index in [2.05, 4.69) is 4.98 Å². The number of aromatic amines is 1. The second-order valence-electron chi connectivity index (χ2n) is 7.50. The van der Waals surface area contributed by atoms with Gasteiger partial charge in [0.2, 0.25) is 5.91 Å². The van der Waals surface area contributed by atoms with Crippen LogP contribution in [0.4, 0.5) is 0 Å². The number of aromatic nitrogens is 1. The minimum atomic E-state index is -0.0775. The smallest absolute Gasteiger partial charge is 0.260 e. The van der Waals surface area contributed by atoms with Gasteiger partial charge >= 0.3 is 0 Å². The number of nitrogens with zero attached hydrogens (tertiary/aromatic N) is 2. The first-order valence-electron chi connectivity index (χ1n) is 10.0. The lowest BCUT2D eigenvalue weighted by atomic mass is 10.1. The van der Waals surface area contributed by atoms with Crippen LogP contribution in [0, 0.1) is 6.92 Å². The fourth-order valence-corrected chi connectivity index (χ4v) is 3.82. The maximum Gasteiger partial charge on any atom is 0.260 e. The molecule has 1 fully saturated rings. The van der Waals surface area contributed by atoms with Crippen LogP contribution in [0.1, 0.15) is 11.1 Å². The van der Waals surface area contributed by atoms with Crippen LogP contribution in [0.15, 0.2) is 48.7 Å². The predicted octanol–water partition coefficient (Wildman–Crippen LogP) is 3.42. The molecule has 6 nitrogen and oxygen atoms in total. The van der Waals surface area contributed by atoms with Crippen LogP contribution in [0.25, 0.3) is 10.9 Å². The van der Waals surface area contributed by atoms with Gasteiger partial charge < -0.3 is 19.5 Å². The largest absolute Gasteiger partial charge is 0.484 e. The standard InChI is InChI=1S/C23H24ClN3O3/c1-16-12-18(6-7-20(16)24)30-15-23(29)27-10-8-26(9-11-27)22(28)13-17-14-25-21-5-3-2-4-19(17)21/h2-7,12,14,25H,8-11,13,15H2,1H3. The molecule has 2 heterocycles. The number of amides is 2. The van der Waals surface area contributed by atoms with Crippen molar-refractivity contribution in [2.45, 2.75) is 13.3 Å². The van der Waals surface area contributed by atoms with E-state index in [1.54, 1.807) is 17.0 Å². The maximum atomic E-state index is 12.7. The number of aryl methyl sites for hydroxylation is 1. The number of carbonyl (C=O) groups excluding carboxylic acids is 2. The molecular formula is C23H24ClN3O3. The van der Waals surface area contributed by atoms with E-state index < -0.39 is 0 Å². The Morgan fingerprint density at radius 3 is 2.47 bits per heavy atom. The number of halogens is 1. The summed E-state index contributed by atoms with van der Waals surface area (Å²) in [7, 11) is 0. The fourth-order valence-electron chi connectivity index (χ4n) is 3.70. The molecule has 2 aromatic carbocycles. The fraction of sp³-hybridized carbons (Fsp3) is 0.304. The summed E-state index contributed by atoms with van der Waals surface area (Å²) in [4.78, 5) is 32.0. The lowest BCUT2D eigenvalue weighted by Gasteiger charge is -2.34. The summed E-state index contributed by atoms with van der Waals surface area (Å²) in [5.41, 5.74) is 2.94. The molecule has 1 saturated heterocycles. The molecule has 156 valence electrons. The van der Waals surface area contributed by atoms with Crippen LogP contribution in [0.5, 0.6) is 5.75 Å². The first-order chi connectivity index (χ1) is 14.5. The number of nitrogens with one attached hydrogen (secondary N) is 1. The SMILES string of the molecule is Cc1cc(OCC(=O)N2CCN(C(=O)Cc3c[nH]c4ccccc34)CC2)ccc1Cl. The van der Waals surface area contributed by atoms with Gasteiger partial charge in [-0.2, -0.15) is 0 Å². The molecule has 0 bridgehead atoms. The molecule has 1 N–H and O–H groups in total. The Hall–Kier alpha value is -2.99. The molecule has 1 aliphatic heterocycles. The number of rotatable bonds is 5. The first-order valence-corrected chi connectivity index (χ1v) is 10.4. The molecule has 30 heavy (non-hydrogen) atoms. The van der Waals surface area contributed by atoms with Crippen LogP contribution in [0.2, 0.25) is 5.02 Å². The van der Waals surface area contributed by atoms with Crippen LogP contribution in [-0.2, 0) is 16.0 Å². The molecule has 0 saturated carbocycles. The summed E-state index contributed by atoms with van der Waals surface area (Å²) in [5.74, 6) is 0.629. The van der Waals surface area contributed by atoms with E-state index in [9.17, 15) is 9.59 Å². The lowest BCUT2D eigenvalue weighted by Crippen LogP contribution is -2.52. The Kier molecular flexibility index (Phi) is 5.95. The van der Waals surface area contributed by atoms with Gasteiger partial charge in [-0.25, -0.2) is 0 Å². The highest BCUT2D eigenvalue weighted by molar-refractivity contribution is 6.31. The number of ether oxygens (including phenoxy) is 1. The average Bonchev–Trinajstić information content (AvgIpc) is 3.17. The van der Waals surface area contributed by atoms with Gasteiger partial charge in [-0.3, -0.25) is 9.59 Å². The lowest BCUT2D eigenvalue weighted by molar-refractivity contribution is -0.140. The zero-order valence-corrected chi connectivity index (χ0v) is 17.6. The van der Waals surface area contributed by atoms with Crippen molar-refractivity contribution in [1.82, 2.24) is 14.8 Å². The van der Waals surface area contributed by atoms with E-state index in [1.807, 2.05) is 48.4 Å². The van der Waals surface area contributed by atoms with Crippen LogP contribution < -0.4 is 4.74 Å². The van der Waals surface area contributed by atoms with E-state index in [4.69, 9.17) is 16.3 Å².